The summed E-state index contributed by atoms with van der Waals surface area (Å²) >= 11 is 0. The Morgan fingerprint density at radius 1 is 0.974 bits per heavy atom. The Hall–Kier alpha value is -3.11. The van der Waals surface area contributed by atoms with E-state index < -0.39 is 0 Å². The van der Waals surface area contributed by atoms with Crippen molar-refractivity contribution >= 4 is 16.7 Å². The van der Waals surface area contributed by atoms with E-state index in [9.17, 15) is 4.79 Å². The number of aromatic nitrogens is 1. The van der Waals surface area contributed by atoms with Crippen LogP contribution in [-0.2, 0) is 28.9 Å². The molecule has 0 saturated carbocycles. The molecule has 0 N–H and O–H groups in total. The number of rotatable bonds is 13. The lowest BCUT2D eigenvalue weighted by molar-refractivity contribution is -0.123. The van der Waals surface area contributed by atoms with Crippen molar-refractivity contribution in [2.45, 2.75) is 71.3 Å². The van der Waals surface area contributed by atoms with Gasteiger partial charge in [0.25, 0.3) is 0 Å². The lowest BCUT2D eigenvalue weighted by Crippen LogP contribution is -2.19. The molecule has 4 aromatic rings. The second-order valence-corrected chi connectivity index (χ2v) is 11.0. The average Bonchev–Trinajstić information content (AvgIpc) is 3.58. The van der Waals surface area contributed by atoms with E-state index >= 15 is 0 Å². The lowest BCUT2D eigenvalue weighted by Gasteiger charge is -2.22. The van der Waals surface area contributed by atoms with Gasteiger partial charge in [0.05, 0.1) is 6.26 Å². The molecule has 2 aromatic carbocycles. The molecule has 4 nitrogen and oxygen atoms in total. The SMILES string of the molecule is Cc1ccccc1Cn1cc(CCCC(=O)C(CCCC2CCOCC2)Cc2ccco2)c2ccccc21. The van der Waals surface area contributed by atoms with Gasteiger partial charge in [0, 0.05) is 55.6 Å². The van der Waals surface area contributed by atoms with Gasteiger partial charge < -0.3 is 13.7 Å². The van der Waals surface area contributed by atoms with Crippen LogP contribution in [0.5, 0.6) is 0 Å². The normalized spacial score (nSPS) is 15.2. The van der Waals surface area contributed by atoms with Crippen molar-refractivity contribution in [2.24, 2.45) is 11.8 Å². The predicted octanol–water partition coefficient (Wildman–Crippen LogP) is 7.94. The number of furan rings is 1. The number of para-hydroxylation sites is 1. The van der Waals surface area contributed by atoms with Gasteiger partial charge in [-0.3, -0.25) is 4.79 Å². The minimum absolute atomic E-state index is 0.0448. The highest BCUT2D eigenvalue weighted by Gasteiger charge is 2.21. The van der Waals surface area contributed by atoms with Crippen molar-refractivity contribution in [2.75, 3.05) is 13.2 Å². The molecule has 1 aliphatic heterocycles. The maximum Gasteiger partial charge on any atom is 0.136 e. The number of fused-ring (bicyclic) bond motifs is 1. The zero-order valence-corrected chi connectivity index (χ0v) is 22.7. The number of nitrogens with zero attached hydrogens (tertiary/aromatic N) is 1. The third-order valence-corrected chi connectivity index (χ3v) is 8.33. The highest BCUT2D eigenvalue weighted by Crippen LogP contribution is 2.27. The maximum atomic E-state index is 13.4. The van der Waals surface area contributed by atoms with Crippen molar-refractivity contribution in [3.05, 3.63) is 95.6 Å². The molecule has 5 rings (SSSR count). The molecule has 3 heterocycles. The molecule has 2 aromatic heterocycles. The second kappa shape index (κ2) is 13.1. The van der Waals surface area contributed by atoms with Crippen LogP contribution in [0.4, 0.5) is 0 Å². The standard InChI is InChI=1S/C34H41NO3/c1-26-9-2-3-11-29(26)24-35-25-30(32-15-4-5-16-33(32)35)13-7-17-34(36)28(23-31-14-8-20-38-31)12-6-10-27-18-21-37-22-19-27/h2-5,8-9,11,14-16,20,25,27-28H,6-7,10,12-13,17-19,21-24H2,1H3. The molecule has 38 heavy (non-hydrogen) atoms. The van der Waals surface area contributed by atoms with Crippen LogP contribution in [0.15, 0.2) is 77.5 Å². The molecule has 0 spiro atoms. The van der Waals surface area contributed by atoms with E-state index in [2.05, 4.69) is 66.2 Å². The number of ether oxygens (including phenoxy) is 1. The minimum Gasteiger partial charge on any atom is -0.469 e. The molecule has 0 aliphatic carbocycles. The zero-order chi connectivity index (χ0) is 26.2. The predicted molar refractivity (Wildman–Crippen MR) is 153 cm³/mol. The Morgan fingerprint density at radius 3 is 2.61 bits per heavy atom. The third-order valence-electron chi connectivity index (χ3n) is 8.33. The zero-order valence-electron chi connectivity index (χ0n) is 22.7. The van der Waals surface area contributed by atoms with Gasteiger partial charge in [0.2, 0.25) is 0 Å². The molecule has 1 aliphatic rings. The Labute approximate surface area is 227 Å². The van der Waals surface area contributed by atoms with Gasteiger partial charge in [-0.2, -0.15) is 0 Å². The highest BCUT2D eigenvalue weighted by molar-refractivity contribution is 5.84. The number of carbonyl (C=O) groups is 1. The summed E-state index contributed by atoms with van der Waals surface area (Å²) in [5, 5.41) is 1.30. The van der Waals surface area contributed by atoms with Crippen LogP contribution in [0.3, 0.4) is 0 Å². The summed E-state index contributed by atoms with van der Waals surface area (Å²) < 4.78 is 13.5. The van der Waals surface area contributed by atoms with Crippen LogP contribution < -0.4 is 0 Å². The van der Waals surface area contributed by atoms with Crippen LogP contribution in [0, 0.1) is 18.8 Å². The number of ketones is 1. The monoisotopic (exact) mass is 511 g/mol. The molecule has 0 radical (unpaired) electrons. The van der Waals surface area contributed by atoms with Crippen molar-refractivity contribution in [1.82, 2.24) is 4.57 Å². The molecule has 4 heteroatoms. The fourth-order valence-electron chi connectivity index (χ4n) is 6.02. The molecule has 200 valence electrons. The number of benzene rings is 2. The number of aryl methyl sites for hydroxylation is 2. The largest absolute Gasteiger partial charge is 0.469 e. The Morgan fingerprint density at radius 2 is 1.79 bits per heavy atom. The van der Waals surface area contributed by atoms with Gasteiger partial charge in [0.15, 0.2) is 0 Å². The summed E-state index contributed by atoms with van der Waals surface area (Å²) in [5.41, 5.74) is 5.26. The molecule has 0 amide bonds. The first-order chi connectivity index (χ1) is 18.7. The van der Waals surface area contributed by atoms with E-state index in [0.29, 0.717) is 12.2 Å². The van der Waals surface area contributed by atoms with Crippen LogP contribution >= 0.6 is 0 Å². The van der Waals surface area contributed by atoms with Crippen LogP contribution in [0.1, 0.15) is 67.4 Å². The van der Waals surface area contributed by atoms with E-state index in [1.165, 1.54) is 34.0 Å². The summed E-state index contributed by atoms with van der Waals surface area (Å²) in [6.45, 7) is 4.82. The molecule has 1 fully saturated rings. The summed E-state index contributed by atoms with van der Waals surface area (Å²) in [6.07, 6.45) is 12.7. The lowest BCUT2D eigenvalue weighted by atomic mass is 9.87. The van der Waals surface area contributed by atoms with E-state index in [4.69, 9.17) is 9.15 Å². The Balaban J connectivity index is 1.20. The Bertz CT molecular complexity index is 1300. The summed E-state index contributed by atoms with van der Waals surface area (Å²) in [5.74, 6) is 2.11. The molecule has 1 saturated heterocycles. The van der Waals surface area contributed by atoms with Gasteiger partial charge in [-0.15, -0.1) is 0 Å². The molecule has 1 atom stereocenters. The van der Waals surface area contributed by atoms with Gasteiger partial charge >= 0.3 is 0 Å². The van der Waals surface area contributed by atoms with Crippen molar-refractivity contribution in [3.63, 3.8) is 0 Å². The molecular weight excluding hydrogens is 470 g/mol. The minimum atomic E-state index is 0.0448. The fourth-order valence-corrected chi connectivity index (χ4v) is 6.02. The maximum absolute atomic E-state index is 13.4. The molecular formula is C34H41NO3. The smallest absolute Gasteiger partial charge is 0.136 e. The van der Waals surface area contributed by atoms with Gasteiger partial charge in [-0.1, -0.05) is 55.3 Å². The van der Waals surface area contributed by atoms with E-state index in [1.54, 1.807) is 6.26 Å². The molecule has 0 bridgehead atoms. The fraction of sp³-hybridized carbons (Fsp3) is 0.441. The average molecular weight is 512 g/mol. The van der Waals surface area contributed by atoms with Crippen molar-refractivity contribution < 1.29 is 13.9 Å². The number of Topliss-reactive ketones (excluding diaryl/α,β-unsaturated/α-hetero) is 1. The van der Waals surface area contributed by atoms with E-state index in [-0.39, 0.29) is 5.92 Å². The second-order valence-electron chi connectivity index (χ2n) is 11.0. The van der Waals surface area contributed by atoms with Crippen LogP contribution in [-0.4, -0.2) is 23.6 Å². The topological polar surface area (TPSA) is 44.4 Å². The van der Waals surface area contributed by atoms with Crippen molar-refractivity contribution in [1.29, 1.82) is 0 Å². The van der Waals surface area contributed by atoms with Crippen LogP contribution in [0.2, 0.25) is 0 Å². The van der Waals surface area contributed by atoms with E-state index in [0.717, 1.165) is 76.4 Å². The van der Waals surface area contributed by atoms with E-state index in [1.807, 2.05) is 12.1 Å². The summed E-state index contributed by atoms with van der Waals surface area (Å²) in [7, 11) is 0. The Kier molecular flexibility index (Phi) is 9.14. The van der Waals surface area contributed by atoms with Gasteiger partial charge in [-0.05, 0) is 79.8 Å². The summed E-state index contributed by atoms with van der Waals surface area (Å²) in [4.78, 5) is 13.4. The number of carbonyl (C=O) groups excluding carboxylic acids is 1. The van der Waals surface area contributed by atoms with Crippen molar-refractivity contribution in [3.8, 4) is 0 Å². The number of hydrogen-bond donors (Lipinski definition) is 0. The van der Waals surface area contributed by atoms with Gasteiger partial charge in [-0.25, -0.2) is 0 Å². The van der Waals surface area contributed by atoms with Crippen LogP contribution in [0.25, 0.3) is 10.9 Å². The first-order valence-electron chi connectivity index (χ1n) is 14.4. The number of hydrogen-bond acceptors (Lipinski definition) is 3. The van der Waals surface area contributed by atoms with Gasteiger partial charge in [0.1, 0.15) is 11.5 Å². The first-order valence-corrected chi connectivity index (χ1v) is 14.4. The molecule has 1 unspecified atom stereocenters. The third kappa shape index (κ3) is 6.85. The summed E-state index contributed by atoms with van der Waals surface area (Å²) in [6, 6.07) is 21.2. The quantitative estimate of drug-likeness (QED) is 0.183. The highest BCUT2D eigenvalue weighted by atomic mass is 16.5. The first kappa shape index (κ1) is 26.5.